The molecule has 6 nitrogen and oxygen atoms in total. The van der Waals surface area contributed by atoms with E-state index < -0.39 is 5.54 Å². The molecule has 0 aliphatic rings. The van der Waals surface area contributed by atoms with Gasteiger partial charge in [-0.05, 0) is 26.0 Å². The molecule has 1 amide bonds. The number of aliphatic hydroxyl groups is 1. The van der Waals surface area contributed by atoms with Crippen molar-refractivity contribution in [1.82, 2.24) is 14.9 Å². The van der Waals surface area contributed by atoms with Gasteiger partial charge in [-0.2, -0.15) is 0 Å². The van der Waals surface area contributed by atoms with Crippen molar-refractivity contribution in [3.05, 3.63) is 41.4 Å². The average molecular weight is 373 g/mol. The van der Waals surface area contributed by atoms with E-state index in [4.69, 9.17) is 4.74 Å². The molecule has 0 atom stereocenters. The normalized spacial score (nSPS) is 11.8. The number of fused-ring (bicyclic) bond motifs is 1. The third-order valence-corrected chi connectivity index (χ3v) is 5.00. The van der Waals surface area contributed by atoms with E-state index in [0.29, 0.717) is 18.8 Å². The van der Waals surface area contributed by atoms with Crippen molar-refractivity contribution >= 4 is 28.1 Å². The van der Waals surface area contributed by atoms with E-state index in [1.54, 1.807) is 26.3 Å². The van der Waals surface area contributed by atoms with Crippen LogP contribution in [0.15, 0.2) is 35.7 Å². The van der Waals surface area contributed by atoms with E-state index in [1.807, 2.05) is 12.1 Å². The fourth-order valence-electron chi connectivity index (χ4n) is 2.72. The van der Waals surface area contributed by atoms with Gasteiger partial charge in [-0.15, -0.1) is 11.3 Å². The largest absolute Gasteiger partial charge is 0.394 e. The van der Waals surface area contributed by atoms with Gasteiger partial charge in [0, 0.05) is 29.9 Å². The molecular weight excluding hydrogens is 350 g/mol. The van der Waals surface area contributed by atoms with Crippen LogP contribution in [0.3, 0.4) is 0 Å². The summed E-state index contributed by atoms with van der Waals surface area (Å²) in [7, 11) is 1.68. The first-order valence-corrected chi connectivity index (χ1v) is 9.29. The summed E-state index contributed by atoms with van der Waals surface area (Å²) in [5, 5.41) is 15.8. The fourth-order valence-corrected chi connectivity index (χ4v) is 3.54. The fraction of sp³-hybridized carbons (Fsp3) is 0.368. The number of nitrogens with zero attached hydrogens (tertiary/aromatic N) is 2. The van der Waals surface area contributed by atoms with Crippen LogP contribution in [-0.4, -0.2) is 46.4 Å². The summed E-state index contributed by atoms with van der Waals surface area (Å²) in [6, 6.07) is 10.2. The number of hydrogen-bond acceptors (Lipinski definition) is 5. The zero-order chi connectivity index (χ0) is 18.7. The van der Waals surface area contributed by atoms with E-state index in [2.05, 4.69) is 33.1 Å². The van der Waals surface area contributed by atoms with Crippen molar-refractivity contribution in [3.63, 3.8) is 0 Å². The highest BCUT2D eigenvalue weighted by Crippen LogP contribution is 2.30. The van der Waals surface area contributed by atoms with E-state index >= 15 is 0 Å². The molecule has 0 unspecified atom stereocenters. The Morgan fingerprint density at radius 1 is 1.38 bits per heavy atom. The van der Waals surface area contributed by atoms with Crippen LogP contribution in [0.1, 0.15) is 24.3 Å². The molecule has 2 aromatic heterocycles. The molecule has 7 heteroatoms. The molecule has 0 spiro atoms. The molecule has 3 aromatic rings. The van der Waals surface area contributed by atoms with Crippen LogP contribution in [0.5, 0.6) is 0 Å². The molecule has 0 saturated carbocycles. The van der Waals surface area contributed by atoms with Crippen LogP contribution in [0.25, 0.3) is 21.6 Å². The van der Waals surface area contributed by atoms with E-state index in [1.165, 1.54) is 11.3 Å². The number of methoxy groups -OCH3 is 1. The van der Waals surface area contributed by atoms with Crippen LogP contribution in [0.2, 0.25) is 0 Å². The average Bonchev–Trinajstić information content (AvgIpc) is 3.24. The van der Waals surface area contributed by atoms with Crippen molar-refractivity contribution in [2.75, 3.05) is 20.3 Å². The van der Waals surface area contributed by atoms with Crippen molar-refractivity contribution in [3.8, 4) is 10.7 Å². The molecule has 0 aliphatic carbocycles. The second-order valence-corrected chi connectivity index (χ2v) is 7.62. The third kappa shape index (κ3) is 3.80. The Morgan fingerprint density at radius 3 is 2.88 bits per heavy atom. The number of amides is 1. The highest BCUT2D eigenvalue weighted by Gasteiger charge is 2.22. The number of para-hydroxylation sites is 1. The maximum absolute atomic E-state index is 12.4. The SMILES string of the molecule is COCCn1c(-c2nc(C(=O)NC(C)(C)CO)cs2)cc2ccccc21. The highest BCUT2D eigenvalue weighted by molar-refractivity contribution is 7.13. The van der Waals surface area contributed by atoms with Crippen molar-refractivity contribution < 1.29 is 14.6 Å². The number of hydrogen-bond donors (Lipinski definition) is 2. The number of ether oxygens (including phenoxy) is 1. The van der Waals surface area contributed by atoms with Crippen LogP contribution in [0.4, 0.5) is 0 Å². The minimum Gasteiger partial charge on any atom is -0.394 e. The van der Waals surface area contributed by atoms with Gasteiger partial charge >= 0.3 is 0 Å². The Hall–Kier alpha value is -2.22. The van der Waals surface area contributed by atoms with Gasteiger partial charge < -0.3 is 19.7 Å². The standard InChI is InChI=1S/C19H23N3O3S/c1-19(2,12-23)21-17(24)14-11-26-18(20-14)16-10-13-6-4-5-7-15(13)22(16)8-9-25-3/h4-7,10-11,23H,8-9,12H2,1-3H3,(H,21,24). The van der Waals surface area contributed by atoms with Crippen molar-refractivity contribution in [2.24, 2.45) is 0 Å². The zero-order valence-electron chi connectivity index (χ0n) is 15.2. The van der Waals surface area contributed by atoms with Gasteiger partial charge in [0.2, 0.25) is 0 Å². The lowest BCUT2D eigenvalue weighted by Gasteiger charge is -2.22. The Balaban J connectivity index is 1.95. The van der Waals surface area contributed by atoms with Gasteiger partial charge in [0.1, 0.15) is 10.7 Å². The quantitative estimate of drug-likeness (QED) is 0.668. The molecule has 2 heterocycles. The summed E-state index contributed by atoms with van der Waals surface area (Å²) in [6.45, 7) is 4.69. The van der Waals surface area contributed by atoms with Gasteiger partial charge in [0.15, 0.2) is 0 Å². The number of rotatable bonds is 7. The molecule has 3 rings (SSSR count). The molecule has 0 radical (unpaired) electrons. The zero-order valence-corrected chi connectivity index (χ0v) is 16.0. The number of aromatic nitrogens is 2. The topological polar surface area (TPSA) is 76.4 Å². The summed E-state index contributed by atoms with van der Waals surface area (Å²) >= 11 is 1.43. The summed E-state index contributed by atoms with van der Waals surface area (Å²) in [6.07, 6.45) is 0. The predicted molar refractivity (Wildman–Crippen MR) is 104 cm³/mol. The van der Waals surface area contributed by atoms with E-state index in [-0.39, 0.29) is 12.5 Å². The van der Waals surface area contributed by atoms with Gasteiger partial charge in [0.25, 0.3) is 5.91 Å². The van der Waals surface area contributed by atoms with Gasteiger partial charge in [0.05, 0.1) is 24.4 Å². The van der Waals surface area contributed by atoms with Crippen molar-refractivity contribution in [2.45, 2.75) is 25.9 Å². The Bertz CT molecular complexity index is 914. The van der Waals surface area contributed by atoms with Crippen LogP contribution in [-0.2, 0) is 11.3 Å². The third-order valence-electron chi connectivity index (χ3n) is 4.13. The minimum absolute atomic E-state index is 0.138. The molecule has 1 aromatic carbocycles. The first-order valence-electron chi connectivity index (χ1n) is 8.41. The van der Waals surface area contributed by atoms with E-state index in [9.17, 15) is 9.90 Å². The highest BCUT2D eigenvalue weighted by atomic mass is 32.1. The number of benzene rings is 1. The first kappa shape index (κ1) is 18.6. The molecule has 2 N–H and O–H groups in total. The number of aliphatic hydroxyl groups excluding tert-OH is 1. The number of carbonyl (C=O) groups is 1. The monoisotopic (exact) mass is 373 g/mol. The van der Waals surface area contributed by atoms with Gasteiger partial charge in [-0.3, -0.25) is 4.79 Å². The molecular formula is C19H23N3O3S. The molecule has 0 saturated heterocycles. The van der Waals surface area contributed by atoms with Crippen LogP contribution >= 0.6 is 11.3 Å². The maximum Gasteiger partial charge on any atom is 0.271 e. The lowest BCUT2D eigenvalue weighted by atomic mass is 10.1. The molecule has 138 valence electrons. The minimum atomic E-state index is -0.686. The van der Waals surface area contributed by atoms with Crippen LogP contribution in [0, 0.1) is 0 Å². The molecule has 0 aliphatic heterocycles. The summed E-state index contributed by atoms with van der Waals surface area (Å²) in [4.78, 5) is 16.9. The lowest BCUT2D eigenvalue weighted by molar-refractivity contribution is 0.0865. The number of nitrogens with one attached hydrogen (secondary N) is 1. The Kier molecular flexibility index (Phi) is 5.41. The molecule has 0 bridgehead atoms. The smallest absolute Gasteiger partial charge is 0.271 e. The lowest BCUT2D eigenvalue weighted by Crippen LogP contribution is -2.46. The van der Waals surface area contributed by atoms with Crippen LogP contribution < -0.4 is 5.32 Å². The summed E-state index contributed by atoms with van der Waals surface area (Å²) in [5.74, 6) is -0.286. The second-order valence-electron chi connectivity index (χ2n) is 6.77. The van der Waals surface area contributed by atoms with Gasteiger partial charge in [-0.25, -0.2) is 4.98 Å². The maximum atomic E-state index is 12.4. The van der Waals surface area contributed by atoms with Crippen molar-refractivity contribution in [1.29, 1.82) is 0 Å². The second kappa shape index (κ2) is 7.57. The summed E-state index contributed by atoms with van der Waals surface area (Å²) in [5.41, 5.74) is 1.75. The number of carbonyl (C=O) groups excluding carboxylic acids is 1. The Morgan fingerprint density at radius 2 is 2.15 bits per heavy atom. The number of thiazole rings is 1. The Labute approximate surface area is 156 Å². The predicted octanol–water partition coefficient (Wildman–Crippen LogP) is 2.91. The molecule has 26 heavy (non-hydrogen) atoms. The van der Waals surface area contributed by atoms with Gasteiger partial charge in [-0.1, -0.05) is 18.2 Å². The summed E-state index contributed by atoms with van der Waals surface area (Å²) < 4.78 is 7.40. The first-order chi connectivity index (χ1) is 12.4. The van der Waals surface area contributed by atoms with E-state index in [0.717, 1.165) is 21.6 Å². The molecule has 0 fully saturated rings.